The second-order valence-corrected chi connectivity index (χ2v) is 4.37. The van der Waals surface area contributed by atoms with Gasteiger partial charge >= 0.3 is 0 Å². The Hall–Kier alpha value is -1.80. The van der Waals surface area contributed by atoms with Crippen LogP contribution in [0.4, 0.5) is 5.69 Å². The molecule has 0 aliphatic heterocycles. The van der Waals surface area contributed by atoms with E-state index < -0.39 is 0 Å². The highest BCUT2D eigenvalue weighted by Gasteiger charge is 2.08. The van der Waals surface area contributed by atoms with Crippen LogP contribution < -0.4 is 5.32 Å². The van der Waals surface area contributed by atoms with E-state index in [4.69, 9.17) is 5.11 Å². The lowest BCUT2D eigenvalue weighted by Gasteiger charge is -2.19. The average Bonchev–Trinajstić information content (AvgIpc) is 2.46. The van der Waals surface area contributed by atoms with Crippen LogP contribution in [0.25, 0.3) is 0 Å². The predicted octanol–water partition coefficient (Wildman–Crippen LogP) is 3.74. The first-order valence-corrected chi connectivity index (χ1v) is 6.34. The van der Waals surface area contributed by atoms with Crippen LogP contribution >= 0.6 is 0 Å². The van der Waals surface area contributed by atoms with Crippen LogP contribution in [0, 0.1) is 0 Å². The van der Waals surface area contributed by atoms with Crippen LogP contribution in [-0.4, -0.2) is 5.11 Å². The minimum absolute atomic E-state index is 0.0810. The highest BCUT2D eigenvalue weighted by atomic mass is 16.3. The first-order chi connectivity index (χ1) is 8.83. The van der Waals surface area contributed by atoms with Crippen molar-refractivity contribution in [3.8, 4) is 0 Å². The molecule has 0 amide bonds. The molecule has 0 spiro atoms. The molecule has 2 heteroatoms. The van der Waals surface area contributed by atoms with E-state index in [2.05, 4.69) is 36.5 Å². The van der Waals surface area contributed by atoms with Crippen LogP contribution in [0.3, 0.4) is 0 Å². The lowest BCUT2D eigenvalue weighted by molar-refractivity contribution is 0.282. The van der Waals surface area contributed by atoms with Gasteiger partial charge in [-0.05, 0) is 29.7 Å². The SMILES string of the molecule is CCC(Nc1cccc(CO)c1)c1ccccc1. The summed E-state index contributed by atoms with van der Waals surface area (Å²) in [5.41, 5.74) is 3.27. The molecule has 0 heterocycles. The van der Waals surface area contributed by atoms with Gasteiger partial charge in [0.25, 0.3) is 0 Å². The smallest absolute Gasteiger partial charge is 0.0682 e. The molecule has 18 heavy (non-hydrogen) atoms. The highest BCUT2D eigenvalue weighted by molar-refractivity contribution is 5.47. The molecule has 2 rings (SSSR count). The van der Waals surface area contributed by atoms with Crippen molar-refractivity contribution in [2.45, 2.75) is 26.0 Å². The van der Waals surface area contributed by atoms with Crippen LogP contribution in [0.2, 0.25) is 0 Å². The molecule has 2 aromatic rings. The van der Waals surface area contributed by atoms with Crippen LogP contribution in [0.5, 0.6) is 0 Å². The van der Waals surface area contributed by atoms with Crippen LogP contribution in [0.1, 0.15) is 30.5 Å². The summed E-state index contributed by atoms with van der Waals surface area (Å²) in [7, 11) is 0. The Morgan fingerprint density at radius 1 is 1.06 bits per heavy atom. The van der Waals surface area contributed by atoms with Crippen LogP contribution in [-0.2, 0) is 6.61 Å². The maximum absolute atomic E-state index is 9.14. The molecule has 2 aromatic carbocycles. The largest absolute Gasteiger partial charge is 0.392 e. The van der Waals surface area contributed by atoms with Gasteiger partial charge in [-0.2, -0.15) is 0 Å². The number of benzene rings is 2. The summed E-state index contributed by atoms with van der Waals surface area (Å²) in [5, 5.41) is 12.7. The molecule has 0 aliphatic rings. The highest BCUT2D eigenvalue weighted by Crippen LogP contribution is 2.22. The molecule has 2 N–H and O–H groups in total. The third-order valence-corrected chi connectivity index (χ3v) is 3.06. The third-order valence-electron chi connectivity index (χ3n) is 3.06. The fourth-order valence-electron chi connectivity index (χ4n) is 2.07. The van der Waals surface area contributed by atoms with Crippen molar-refractivity contribution < 1.29 is 5.11 Å². The van der Waals surface area contributed by atoms with Gasteiger partial charge in [0.2, 0.25) is 0 Å². The molecule has 2 nitrogen and oxygen atoms in total. The van der Waals surface area contributed by atoms with Gasteiger partial charge in [0.15, 0.2) is 0 Å². The molecule has 0 radical (unpaired) electrons. The van der Waals surface area contributed by atoms with Gasteiger partial charge in [0.05, 0.1) is 12.6 Å². The van der Waals surface area contributed by atoms with E-state index in [1.807, 2.05) is 30.3 Å². The molecule has 0 aliphatic carbocycles. The van der Waals surface area contributed by atoms with Gasteiger partial charge in [-0.3, -0.25) is 0 Å². The number of hydrogen-bond acceptors (Lipinski definition) is 2. The molecule has 0 bridgehead atoms. The van der Waals surface area contributed by atoms with Gasteiger partial charge in [-0.15, -0.1) is 0 Å². The number of anilines is 1. The maximum Gasteiger partial charge on any atom is 0.0682 e. The van der Waals surface area contributed by atoms with Crippen LogP contribution in [0.15, 0.2) is 54.6 Å². The number of aliphatic hydroxyl groups excluding tert-OH is 1. The van der Waals surface area contributed by atoms with Gasteiger partial charge in [0.1, 0.15) is 0 Å². The van der Waals surface area contributed by atoms with E-state index in [0.29, 0.717) is 6.04 Å². The number of hydrogen-bond donors (Lipinski definition) is 2. The Labute approximate surface area is 108 Å². The number of aliphatic hydroxyl groups is 1. The Morgan fingerprint density at radius 3 is 2.50 bits per heavy atom. The van der Waals surface area contributed by atoms with E-state index in [-0.39, 0.29) is 6.61 Å². The summed E-state index contributed by atoms with van der Waals surface area (Å²) in [4.78, 5) is 0. The van der Waals surface area contributed by atoms with Crippen molar-refractivity contribution in [1.82, 2.24) is 0 Å². The van der Waals surface area contributed by atoms with Gasteiger partial charge in [0, 0.05) is 5.69 Å². The molecule has 94 valence electrons. The van der Waals surface area contributed by atoms with Crippen molar-refractivity contribution in [3.05, 3.63) is 65.7 Å². The van der Waals surface area contributed by atoms with E-state index in [0.717, 1.165) is 17.7 Å². The van der Waals surface area contributed by atoms with E-state index in [1.54, 1.807) is 0 Å². The first kappa shape index (κ1) is 12.7. The summed E-state index contributed by atoms with van der Waals surface area (Å²) in [5.74, 6) is 0. The average molecular weight is 241 g/mol. The standard InChI is InChI=1S/C16H19NO/c1-2-16(14-8-4-3-5-9-14)17-15-10-6-7-13(11-15)12-18/h3-11,16-18H,2,12H2,1H3. The molecule has 0 aromatic heterocycles. The summed E-state index contributed by atoms with van der Waals surface area (Å²) in [6, 6.07) is 18.6. The summed E-state index contributed by atoms with van der Waals surface area (Å²) >= 11 is 0. The molecular weight excluding hydrogens is 222 g/mol. The predicted molar refractivity (Wildman–Crippen MR) is 75.5 cm³/mol. The van der Waals surface area contributed by atoms with E-state index >= 15 is 0 Å². The number of nitrogens with one attached hydrogen (secondary N) is 1. The minimum atomic E-state index is 0.0810. The molecule has 0 saturated carbocycles. The Morgan fingerprint density at radius 2 is 1.83 bits per heavy atom. The molecule has 1 unspecified atom stereocenters. The first-order valence-electron chi connectivity index (χ1n) is 6.34. The fourth-order valence-corrected chi connectivity index (χ4v) is 2.07. The lowest BCUT2D eigenvalue weighted by atomic mass is 10.0. The quantitative estimate of drug-likeness (QED) is 0.835. The van der Waals surface area contributed by atoms with Gasteiger partial charge in [-0.1, -0.05) is 49.4 Å². The zero-order chi connectivity index (χ0) is 12.8. The Balaban J connectivity index is 2.15. The van der Waals surface area contributed by atoms with Crippen molar-refractivity contribution >= 4 is 5.69 Å². The van der Waals surface area contributed by atoms with Gasteiger partial charge < -0.3 is 10.4 Å². The number of rotatable bonds is 5. The Bertz CT molecular complexity index is 481. The Kier molecular flexibility index (Phi) is 4.37. The van der Waals surface area contributed by atoms with Crippen molar-refractivity contribution in [2.24, 2.45) is 0 Å². The second-order valence-electron chi connectivity index (χ2n) is 4.37. The monoisotopic (exact) mass is 241 g/mol. The molecule has 1 atom stereocenters. The maximum atomic E-state index is 9.14. The topological polar surface area (TPSA) is 32.3 Å². The zero-order valence-electron chi connectivity index (χ0n) is 10.6. The van der Waals surface area contributed by atoms with Crippen molar-refractivity contribution in [3.63, 3.8) is 0 Å². The summed E-state index contributed by atoms with van der Waals surface area (Å²) < 4.78 is 0. The zero-order valence-corrected chi connectivity index (χ0v) is 10.6. The van der Waals surface area contributed by atoms with Crippen molar-refractivity contribution in [2.75, 3.05) is 5.32 Å². The lowest BCUT2D eigenvalue weighted by Crippen LogP contribution is -2.09. The van der Waals surface area contributed by atoms with Gasteiger partial charge in [-0.25, -0.2) is 0 Å². The molecule has 0 saturated heterocycles. The third kappa shape index (κ3) is 3.11. The summed E-state index contributed by atoms with van der Waals surface area (Å²) in [6.07, 6.45) is 1.02. The van der Waals surface area contributed by atoms with E-state index in [1.165, 1.54) is 5.56 Å². The molecule has 0 fully saturated rings. The van der Waals surface area contributed by atoms with Crippen molar-refractivity contribution in [1.29, 1.82) is 0 Å². The van der Waals surface area contributed by atoms with E-state index in [9.17, 15) is 0 Å². The normalized spacial score (nSPS) is 12.1. The molecular formula is C16H19NO. The summed E-state index contributed by atoms with van der Waals surface area (Å²) in [6.45, 7) is 2.25. The second kappa shape index (κ2) is 6.22. The fraction of sp³-hybridized carbons (Fsp3) is 0.250. The minimum Gasteiger partial charge on any atom is -0.392 e.